The van der Waals surface area contributed by atoms with Crippen LogP contribution in [0.25, 0.3) is 5.52 Å². The Bertz CT molecular complexity index is 494. The maximum absolute atomic E-state index is 6.19. The fourth-order valence-electron chi connectivity index (χ4n) is 1.98. The molecule has 0 spiro atoms. The van der Waals surface area contributed by atoms with Gasteiger partial charge in [0.25, 0.3) is 0 Å². The van der Waals surface area contributed by atoms with Gasteiger partial charge in [-0.25, -0.2) is 4.52 Å². The number of nitrogens with two attached hydrogens (primary N) is 1. The first-order chi connectivity index (χ1) is 6.71. The van der Waals surface area contributed by atoms with Gasteiger partial charge in [-0.05, 0) is 31.4 Å². The largest absolute Gasteiger partial charge is 0.321 e. The molecule has 2 aromatic rings. The molecule has 0 saturated heterocycles. The second-order valence-corrected chi connectivity index (χ2v) is 4.20. The van der Waals surface area contributed by atoms with Gasteiger partial charge < -0.3 is 5.73 Å². The molecule has 0 aromatic carbocycles. The Morgan fingerprint density at radius 2 is 2.29 bits per heavy atom. The van der Waals surface area contributed by atoms with Crippen LogP contribution in [0, 0.1) is 6.92 Å². The molecule has 3 rings (SSSR count). The molecular weight excluding hydrogens is 174 g/mol. The van der Waals surface area contributed by atoms with Gasteiger partial charge in [0.2, 0.25) is 0 Å². The molecule has 0 radical (unpaired) electrons. The molecule has 2 N–H and O–H groups in total. The van der Waals surface area contributed by atoms with Crippen LogP contribution in [0.15, 0.2) is 24.5 Å². The van der Waals surface area contributed by atoms with E-state index in [0.29, 0.717) is 0 Å². The molecule has 72 valence electrons. The predicted octanol–water partition coefficient (Wildman–Crippen LogP) is 1.59. The summed E-state index contributed by atoms with van der Waals surface area (Å²) in [6.45, 7) is 2.10. The monoisotopic (exact) mass is 187 g/mol. The molecule has 0 bridgehead atoms. The normalized spacial score (nSPS) is 18.7. The van der Waals surface area contributed by atoms with Crippen LogP contribution in [-0.2, 0) is 5.54 Å². The third kappa shape index (κ3) is 0.930. The van der Waals surface area contributed by atoms with Crippen molar-refractivity contribution >= 4 is 5.52 Å². The number of pyridine rings is 1. The average Bonchev–Trinajstić information content (AvgIpc) is 2.77. The summed E-state index contributed by atoms with van der Waals surface area (Å²) >= 11 is 0. The van der Waals surface area contributed by atoms with Gasteiger partial charge in [0.1, 0.15) is 0 Å². The lowest BCUT2D eigenvalue weighted by Gasteiger charge is -2.07. The zero-order valence-electron chi connectivity index (χ0n) is 8.20. The van der Waals surface area contributed by atoms with Crippen molar-refractivity contribution in [2.24, 2.45) is 5.73 Å². The highest BCUT2D eigenvalue weighted by atomic mass is 15.2. The first kappa shape index (κ1) is 8.00. The van der Waals surface area contributed by atoms with Crippen molar-refractivity contribution < 1.29 is 0 Å². The van der Waals surface area contributed by atoms with Crippen molar-refractivity contribution in [3.8, 4) is 0 Å². The molecule has 1 fully saturated rings. The third-order valence-electron chi connectivity index (χ3n) is 3.07. The number of fused-ring (bicyclic) bond motifs is 1. The van der Waals surface area contributed by atoms with Crippen LogP contribution in [-0.4, -0.2) is 9.61 Å². The molecule has 1 aliphatic carbocycles. The molecule has 2 heterocycles. The molecule has 1 saturated carbocycles. The van der Waals surface area contributed by atoms with Gasteiger partial charge in [-0.2, -0.15) is 5.10 Å². The summed E-state index contributed by atoms with van der Waals surface area (Å²) in [5.74, 6) is 0. The summed E-state index contributed by atoms with van der Waals surface area (Å²) in [6, 6.07) is 4.11. The number of hydrogen-bond donors (Lipinski definition) is 1. The molecule has 0 atom stereocenters. The molecule has 2 aromatic heterocycles. The van der Waals surface area contributed by atoms with Gasteiger partial charge in [0, 0.05) is 17.3 Å². The molecule has 1 aliphatic rings. The van der Waals surface area contributed by atoms with Crippen molar-refractivity contribution in [1.82, 2.24) is 9.61 Å². The van der Waals surface area contributed by atoms with Crippen LogP contribution in [0.1, 0.15) is 24.0 Å². The van der Waals surface area contributed by atoms with Crippen molar-refractivity contribution in [1.29, 1.82) is 0 Å². The molecular formula is C11H13N3. The van der Waals surface area contributed by atoms with Crippen molar-refractivity contribution in [3.05, 3.63) is 35.7 Å². The Kier molecular flexibility index (Phi) is 1.35. The standard InChI is InChI=1S/C11H13N3/c1-8-3-2-6-14-10(8)9(7-13-14)11(12)4-5-11/h2-3,6-7H,4-5,12H2,1H3. The van der Waals surface area contributed by atoms with E-state index in [1.54, 1.807) is 0 Å². The van der Waals surface area contributed by atoms with Crippen LogP contribution >= 0.6 is 0 Å². The highest BCUT2D eigenvalue weighted by Gasteiger charge is 2.42. The van der Waals surface area contributed by atoms with Crippen LogP contribution < -0.4 is 5.73 Å². The minimum absolute atomic E-state index is 0.0894. The summed E-state index contributed by atoms with van der Waals surface area (Å²) in [5.41, 5.74) is 9.74. The van der Waals surface area contributed by atoms with Crippen LogP contribution in [0.2, 0.25) is 0 Å². The minimum Gasteiger partial charge on any atom is -0.321 e. The number of nitrogens with zero attached hydrogens (tertiary/aromatic N) is 2. The number of aromatic nitrogens is 2. The summed E-state index contributed by atoms with van der Waals surface area (Å²) < 4.78 is 1.91. The lowest BCUT2D eigenvalue weighted by Crippen LogP contribution is -2.18. The fourth-order valence-corrected chi connectivity index (χ4v) is 1.98. The van der Waals surface area contributed by atoms with Gasteiger partial charge in [-0.3, -0.25) is 0 Å². The maximum atomic E-state index is 6.19. The Morgan fingerprint density at radius 3 is 3.00 bits per heavy atom. The number of rotatable bonds is 1. The molecule has 0 amide bonds. The number of aryl methyl sites for hydroxylation is 1. The van der Waals surface area contributed by atoms with E-state index < -0.39 is 0 Å². The van der Waals surface area contributed by atoms with Gasteiger partial charge in [-0.1, -0.05) is 6.07 Å². The smallest absolute Gasteiger partial charge is 0.0741 e. The van der Waals surface area contributed by atoms with E-state index >= 15 is 0 Å². The van der Waals surface area contributed by atoms with Gasteiger partial charge in [0.15, 0.2) is 0 Å². The Morgan fingerprint density at radius 1 is 1.50 bits per heavy atom. The maximum Gasteiger partial charge on any atom is 0.0741 e. The van der Waals surface area contributed by atoms with Gasteiger partial charge >= 0.3 is 0 Å². The lowest BCUT2D eigenvalue weighted by atomic mass is 10.1. The van der Waals surface area contributed by atoms with Crippen molar-refractivity contribution in [2.45, 2.75) is 25.3 Å². The van der Waals surface area contributed by atoms with E-state index in [1.165, 1.54) is 16.6 Å². The van der Waals surface area contributed by atoms with Crippen LogP contribution in [0.4, 0.5) is 0 Å². The minimum atomic E-state index is -0.0894. The average molecular weight is 187 g/mol. The zero-order valence-corrected chi connectivity index (χ0v) is 8.20. The second kappa shape index (κ2) is 2.36. The topological polar surface area (TPSA) is 43.3 Å². The molecule has 0 unspecified atom stereocenters. The van der Waals surface area contributed by atoms with Crippen LogP contribution in [0.5, 0.6) is 0 Å². The summed E-state index contributed by atoms with van der Waals surface area (Å²) in [7, 11) is 0. The van der Waals surface area contributed by atoms with E-state index in [1.807, 2.05) is 23.0 Å². The summed E-state index contributed by atoms with van der Waals surface area (Å²) in [6.07, 6.45) is 6.05. The van der Waals surface area contributed by atoms with E-state index in [0.717, 1.165) is 12.8 Å². The van der Waals surface area contributed by atoms with Crippen molar-refractivity contribution in [3.63, 3.8) is 0 Å². The molecule has 14 heavy (non-hydrogen) atoms. The lowest BCUT2D eigenvalue weighted by molar-refractivity contribution is 0.747. The number of hydrogen-bond acceptors (Lipinski definition) is 2. The highest BCUT2D eigenvalue weighted by molar-refractivity contribution is 5.63. The zero-order chi connectivity index (χ0) is 9.76. The quantitative estimate of drug-likeness (QED) is 0.736. The Labute approximate surface area is 82.5 Å². The van der Waals surface area contributed by atoms with Crippen LogP contribution in [0.3, 0.4) is 0 Å². The molecule has 0 aliphatic heterocycles. The van der Waals surface area contributed by atoms with E-state index in [-0.39, 0.29) is 5.54 Å². The van der Waals surface area contributed by atoms with Crippen molar-refractivity contribution in [2.75, 3.05) is 0 Å². The predicted molar refractivity (Wildman–Crippen MR) is 55.0 cm³/mol. The second-order valence-electron chi connectivity index (χ2n) is 4.20. The molecule has 3 heteroatoms. The first-order valence-corrected chi connectivity index (χ1v) is 4.93. The third-order valence-corrected chi connectivity index (χ3v) is 3.07. The molecule has 3 nitrogen and oxygen atoms in total. The Hall–Kier alpha value is -1.35. The van der Waals surface area contributed by atoms with E-state index in [4.69, 9.17) is 5.73 Å². The van der Waals surface area contributed by atoms with E-state index in [2.05, 4.69) is 18.1 Å². The van der Waals surface area contributed by atoms with Gasteiger partial charge in [-0.15, -0.1) is 0 Å². The first-order valence-electron chi connectivity index (χ1n) is 4.93. The summed E-state index contributed by atoms with van der Waals surface area (Å²) in [4.78, 5) is 0. The van der Waals surface area contributed by atoms with E-state index in [9.17, 15) is 0 Å². The Balaban J connectivity index is 2.35. The van der Waals surface area contributed by atoms with Gasteiger partial charge in [0.05, 0.1) is 11.7 Å². The highest BCUT2D eigenvalue weighted by Crippen LogP contribution is 2.44. The summed E-state index contributed by atoms with van der Waals surface area (Å²) in [5, 5.41) is 4.32. The fraction of sp³-hybridized carbons (Fsp3) is 0.364. The SMILES string of the molecule is Cc1cccn2ncc(C3(N)CC3)c12.